The quantitative estimate of drug-likeness (QED) is 0.120. The van der Waals surface area contributed by atoms with Crippen molar-refractivity contribution in [3.05, 3.63) is 0 Å². The Morgan fingerprint density at radius 2 is 1.05 bits per heavy atom. The van der Waals surface area contributed by atoms with E-state index in [1.807, 2.05) is 0 Å². The van der Waals surface area contributed by atoms with Gasteiger partial charge in [0.1, 0.15) is 73.1 Å². The molecule has 3 heterocycles. The van der Waals surface area contributed by atoms with Gasteiger partial charge in [-0.3, -0.25) is 9.59 Å². The van der Waals surface area contributed by atoms with Crippen molar-refractivity contribution in [1.29, 1.82) is 0 Å². The van der Waals surface area contributed by atoms with Crippen LogP contribution in [0.2, 0.25) is 0 Å². The predicted molar refractivity (Wildman–Crippen MR) is 124 cm³/mol. The molecule has 3 saturated heterocycles. The van der Waals surface area contributed by atoms with Crippen LogP contribution in [0.5, 0.6) is 0 Å². The molecule has 15 atom stereocenters. The zero-order valence-corrected chi connectivity index (χ0v) is 21.7. The molecule has 0 aromatic carbocycles. The fraction of sp³-hybridized carbons (Fsp3) is 0.909. The van der Waals surface area contributed by atoms with Crippen molar-refractivity contribution in [2.24, 2.45) is 0 Å². The summed E-state index contributed by atoms with van der Waals surface area (Å²) in [6.45, 7) is -0.135. The van der Waals surface area contributed by atoms with Gasteiger partial charge in [0.05, 0.1) is 19.8 Å². The summed E-state index contributed by atoms with van der Waals surface area (Å²) in [7, 11) is 0. The maximum absolute atomic E-state index is 11.7. The highest BCUT2D eigenvalue weighted by atomic mass is 16.7. The van der Waals surface area contributed by atoms with E-state index in [0.717, 1.165) is 13.8 Å². The summed E-state index contributed by atoms with van der Waals surface area (Å²) in [4.78, 5) is 23.4. The van der Waals surface area contributed by atoms with Crippen molar-refractivity contribution in [2.75, 3.05) is 19.8 Å². The number of aliphatic hydroxyl groups excluding tert-OH is 9. The van der Waals surface area contributed by atoms with Gasteiger partial charge in [-0.2, -0.15) is 0 Å². The van der Waals surface area contributed by atoms with Crippen molar-refractivity contribution in [2.45, 2.75) is 106 Å². The van der Waals surface area contributed by atoms with Gasteiger partial charge in [0.15, 0.2) is 18.9 Å². The molecule has 18 nitrogen and oxygen atoms in total. The molecule has 7 unspecified atom stereocenters. The van der Waals surface area contributed by atoms with Crippen LogP contribution in [0.4, 0.5) is 0 Å². The summed E-state index contributed by atoms with van der Waals surface area (Å²) in [5.41, 5.74) is 0. The molecule has 0 aliphatic carbocycles. The lowest BCUT2D eigenvalue weighted by molar-refractivity contribution is -0.365. The van der Waals surface area contributed by atoms with Crippen molar-refractivity contribution < 1.29 is 79.2 Å². The molecule has 0 radical (unpaired) electrons. The highest BCUT2D eigenvalue weighted by Crippen LogP contribution is 2.32. The molecule has 3 fully saturated rings. The molecule has 40 heavy (non-hydrogen) atoms. The van der Waals surface area contributed by atoms with Crippen LogP contribution >= 0.6 is 0 Å². The van der Waals surface area contributed by atoms with E-state index in [0.29, 0.717) is 0 Å². The lowest BCUT2D eigenvalue weighted by Gasteiger charge is -2.49. The first kappa shape index (κ1) is 32.9. The second-order valence-corrected chi connectivity index (χ2v) is 9.81. The Kier molecular flexibility index (Phi) is 11.5. The van der Waals surface area contributed by atoms with E-state index in [1.54, 1.807) is 0 Å². The van der Waals surface area contributed by atoms with Crippen LogP contribution in [0.3, 0.4) is 0 Å². The number of carbonyl (C=O) groups excluding carboxylic acids is 2. The SMILES string of the molecule is CC(=O)NC1[C@@H](O[C@@H]2C(O)[C@H](O[C@@H]3C(NC(C)=O)C(O)OC(CO)[C@H]3O)OC(CO)[C@@H]2O)OC(CO)[C@H](O)[C@@H]1O. The van der Waals surface area contributed by atoms with Crippen LogP contribution in [0.1, 0.15) is 13.8 Å². The van der Waals surface area contributed by atoms with Gasteiger partial charge in [0, 0.05) is 13.8 Å². The molecule has 3 aliphatic rings. The zero-order valence-electron chi connectivity index (χ0n) is 21.7. The Balaban J connectivity index is 1.88. The second-order valence-electron chi connectivity index (χ2n) is 9.81. The molecule has 0 aromatic rings. The molecule has 0 aromatic heterocycles. The number of ether oxygens (including phenoxy) is 5. The van der Waals surface area contributed by atoms with Gasteiger partial charge in [-0.05, 0) is 0 Å². The van der Waals surface area contributed by atoms with Crippen molar-refractivity contribution >= 4 is 11.8 Å². The van der Waals surface area contributed by atoms with Crippen molar-refractivity contribution in [1.82, 2.24) is 10.6 Å². The van der Waals surface area contributed by atoms with Crippen LogP contribution in [-0.4, -0.2) is 170 Å². The minimum Gasteiger partial charge on any atom is -0.394 e. The van der Waals surface area contributed by atoms with Gasteiger partial charge in [0.2, 0.25) is 11.8 Å². The second kappa shape index (κ2) is 14.0. The van der Waals surface area contributed by atoms with E-state index in [2.05, 4.69) is 10.6 Å². The minimum absolute atomic E-state index is 0.650. The van der Waals surface area contributed by atoms with E-state index in [9.17, 15) is 55.5 Å². The topological polar surface area (TPSA) is 286 Å². The fourth-order valence-electron chi connectivity index (χ4n) is 4.86. The summed E-state index contributed by atoms with van der Waals surface area (Å²) in [6, 6.07) is -2.86. The fourth-order valence-corrected chi connectivity index (χ4v) is 4.86. The predicted octanol–water partition coefficient (Wildman–Crippen LogP) is -7.29. The van der Waals surface area contributed by atoms with E-state index in [-0.39, 0.29) is 0 Å². The molecule has 3 rings (SSSR count). The Bertz CT molecular complexity index is 854. The summed E-state index contributed by atoms with van der Waals surface area (Å²) >= 11 is 0. The Morgan fingerprint density at radius 1 is 0.600 bits per heavy atom. The molecule has 232 valence electrons. The summed E-state index contributed by atoms with van der Waals surface area (Å²) in [5, 5.41) is 97.2. The van der Waals surface area contributed by atoms with E-state index in [4.69, 9.17) is 23.7 Å². The molecular weight excluding hydrogens is 548 g/mol. The van der Waals surface area contributed by atoms with Crippen LogP contribution in [0.15, 0.2) is 0 Å². The maximum Gasteiger partial charge on any atom is 0.217 e. The third-order valence-corrected chi connectivity index (χ3v) is 6.90. The van der Waals surface area contributed by atoms with Gasteiger partial charge < -0.3 is 80.3 Å². The molecule has 0 bridgehead atoms. The number of rotatable bonds is 9. The molecule has 18 heteroatoms. The first-order valence-electron chi connectivity index (χ1n) is 12.6. The number of nitrogens with one attached hydrogen (secondary N) is 2. The standard InChI is InChI=1S/C22H38N2O16/c1-6(28)23-11-16(33)13(30)8(3-25)37-21(11)40-19-15(32)10(5-27)38-22(17(19)34)39-18-12(24-7(2)29)20(35)36-9(4-26)14(18)31/h8-22,25-27,30-35H,3-5H2,1-2H3,(H,23,28)(H,24,29)/t8?,9?,10?,11?,12?,13-,14+,15-,16+,17?,18+,19-,20?,21+,22-/m0/s1. The maximum atomic E-state index is 11.7. The Morgan fingerprint density at radius 3 is 1.60 bits per heavy atom. The molecular formula is C22H38N2O16. The summed E-state index contributed by atoms with van der Waals surface area (Å²) in [5.74, 6) is -1.31. The summed E-state index contributed by atoms with van der Waals surface area (Å²) in [6.07, 6.45) is -21.5. The lowest BCUT2D eigenvalue weighted by atomic mass is 9.94. The molecule has 0 spiro atoms. The van der Waals surface area contributed by atoms with Gasteiger partial charge >= 0.3 is 0 Å². The van der Waals surface area contributed by atoms with Gasteiger partial charge in [-0.25, -0.2) is 0 Å². The number of amides is 2. The highest BCUT2D eigenvalue weighted by Gasteiger charge is 2.54. The van der Waals surface area contributed by atoms with E-state index < -0.39 is 124 Å². The number of carbonyl (C=O) groups is 2. The molecule has 11 N–H and O–H groups in total. The number of hydrogen-bond donors (Lipinski definition) is 11. The monoisotopic (exact) mass is 586 g/mol. The Labute approximate surface area is 228 Å². The molecule has 3 aliphatic heterocycles. The third kappa shape index (κ3) is 7.05. The number of hydrogen-bond acceptors (Lipinski definition) is 16. The average molecular weight is 587 g/mol. The van der Waals surface area contributed by atoms with E-state index in [1.165, 1.54) is 0 Å². The zero-order chi connectivity index (χ0) is 29.9. The van der Waals surface area contributed by atoms with Gasteiger partial charge in [-0.1, -0.05) is 0 Å². The molecule has 0 saturated carbocycles. The first-order chi connectivity index (χ1) is 18.8. The van der Waals surface area contributed by atoms with Crippen molar-refractivity contribution in [3.8, 4) is 0 Å². The van der Waals surface area contributed by atoms with Gasteiger partial charge in [-0.15, -0.1) is 0 Å². The minimum atomic E-state index is -1.94. The smallest absolute Gasteiger partial charge is 0.217 e. The third-order valence-electron chi connectivity index (χ3n) is 6.90. The summed E-state index contributed by atoms with van der Waals surface area (Å²) < 4.78 is 27.5. The highest BCUT2D eigenvalue weighted by molar-refractivity contribution is 5.73. The lowest BCUT2D eigenvalue weighted by Crippen LogP contribution is -2.69. The largest absolute Gasteiger partial charge is 0.394 e. The van der Waals surface area contributed by atoms with Crippen molar-refractivity contribution in [3.63, 3.8) is 0 Å². The van der Waals surface area contributed by atoms with Crippen LogP contribution < -0.4 is 10.6 Å². The Hall–Kier alpha value is -1.62. The van der Waals surface area contributed by atoms with Gasteiger partial charge in [0.25, 0.3) is 0 Å². The van der Waals surface area contributed by atoms with E-state index >= 15 is 0 Å². The number of aliphatic hydroxyl groups is 9. The first-order valence-corrected chi connectivity index (χ1v) is 12.6. The normalized spacial score (nSPS) is 46.0. The molecule has 2 amide bonds. The van der Waals surface area contributed by atoms with Crippen LogP contribution in [0, 0.1) is 0 Å². The van der Waals surface area contributed by atoms with Crippen LogP contribution in [-0.2, 0) is 33.3 Å². The average Bonchev–Trinajstić information content (AvgIpc) is 2.90. The van der Waals surface area contributed by atoms with Crippen LogP contribution in [0.25, 0.3) is 0 Å².